The van der Waals surface area contributed by atoms with Crippen molar-refractivity contribution in [3.8, 4) is 16.5 Å². The van der Waals surface area contributed by atoms with Gasteiger partial charge >= 0.3 is 12.1 Å². The molecule has 4 aliphatic rings. The van der Waals surface area contributed by atoms with Gasteiger partial charge in [-0.25, -0.2) is 19.6 Å². The van der Waals surface area contributed by atoms with Gasteiger partial charge in [0.15, 0.2) is 0 Å². The zero-order valence-corrected chi connectivity index (χ0v) is 32.8. The third kappa shape index (κ3) is 8.98. The maximum absolute atomic E-state index is 14.7. The monoisotopic (exact) mass is 791 g/mol. The van der Waals surface area contributed by atoms with E-state index in [4.69, 9.17) is 24.2 Å². The normalized spacial score (nSPS) is 26.0. The minimum atomic E-state index is -1.25. The molecule has 0 spiro atoms. The van der Waals surface area contributed by atoms with Crippen LogP contribution >= 0.6 is 11.3 Å². The highest BCUT2D eigenvalue weighted by molar-refractivity contribution is 7.13. The molecule has 57 heavy (non-hydrogen) atoms. The summed E-state index contributed by atoms with van der Waals surface area (Å²) in [7, 11) is 0. The van der Waals surface area contributed by atoms with Gasteiger partial charge in [0, 0.05) is 18.8 Å². The Bertz CT molecular complexity index is 2090. The molecule has 2 aliphatic heterocycles. The Morgan fingerprint density at radius 1 is 0.895 bits per heavy atom. The summed E-state index contributed by atoms with van der Waals surface area (Å²) in [6, 6.07) is 19.3. The molecule has 2 aromatic carbocycles. The van der Waals surface area contributed by atoms with E-state index in [1.165, 1.54) is 16.2 Å². The van der Waals surface area contributed by atoms with Crippen molar-refractivity contribution in [3.05, 3.63) is 89.8 Å². The number of aromatic nitrogens is 2. The highest BCUT2D eigenvalue weighted by Crippen LogP contribution is 2.46. The zero-order valence-electron chi connectivity index (χ0n) is 32.0. The van der Waals surface area contributed by atoms with Crippen molar-refractivity contribution in [3.63, 3.8) is 0 Å². The average molecular weight is 792 g/mol. The number of amides is 3. The molecular formula is C44H49N5O7S. The SMILES string of the molecule is O=C(N[C@H]1CCCCC/C=C\C2C[C@@]2(C(=O)OCCc2ccccc2)NC(=O)[C@@H]2C[C@@H](Oc3nc4ccccc4nc3-c3cccs3)CN2C1=O)OC1CCCC1. The summed E-state index contributed by atoms with van der Waals surface area (Å²) in [6.07, 6.45) is 10.9. The fourth-order valence-corrected chi connectivity index (χ4v) is 9.01. The maximum atomic E-state index is 14.7. The van der Waals surface area contributed by atoms with Crippen molar-refractivity contribution in [2.24, 2.45) is 5.92 Å². The number of ether oxygens (including phenoxy) is 3. The average Bonchev–Trinajstić information content (AvgIpc) is 3.72. The Balaban J connectivity index is 1.07. The summed E-state index contributed by atoms with van der Waals surface area (Å²) in [4.78, 5) is 68.5. The number of fused-ring (bicyclic) bond motifs is 3. The van der Waals surface area contributed by atoms with Crippen molar-refractivity contribution in [2.45, 2.75) is 107 Å². The second kappa shape index (κ2) is 17.5. The number of carbonyl (C=O) groups is 4. The molecule has 12 nitrogen and oxygen atoms in total. The molecule has 0 radical (unpaired) electrons. The number of allylic oxidation sites excluding steroid dienone is 1. The van der Waals surface area contributed by atoms with E-state index in [1.54, 1.807) is 0 Å². The van der Waals surface area contributed by atoms with E-state index in [9.17, 15) is 19.2 Å². The quantitative estimate of drug-likeness (QED) is 0.136. The van der Waals surface area contributed by atoms with Crippen LogP contribution in [-0.4, -0.2) is 81.7 Å². The number of alkyl carbamates (subject to hydrolysis) is 1. The predicted octanol–water partition coefficient (Wildman–Crippen LogP) is 6.93. The van der Waals surface area contributed by atoms with Crippen LogP contribution in [0.25, 0.3) is 21.6 Å². The summed E-state index contributed by atoms with van der Waals surface area (Å²) < 4.78 is 18.2. The first kappa shape index (κ1) is 38.6. The highest BCUT2D eigenvalue weighted by Gasteiger charge is 2.62. The van der Waals surface area contributed by atoms with Gasteiger partial charge < -0.3 is 29.7 Å². The first-order valence-corrected chi connectivity index (χ1v) is 21.2. The number of hydrogen-bond donors (Lipinski definition) is 2. The van der Waals surface area contributed by atoms with E-state index in [2.05, 4.69) is 16.7 Å². The van der Waals surface area contributed by atoms with Gasteiger partial charge in [0.1, 0.15) is 35.5 Å². The smallest absolute Gasteiger partial charge is 0.408 e. The lowest BCUT2D eigenvalue weighted by atomic mass is 10.0. The third-order valence-corrected chi connectivity index (χ3v) is 12.4. The van der Waals surface area contributed by atoms with E-state index in [1.807, 2.05) is 78.2 Å². The maximum Gasteiger partial charge on any atom is 0.408 e. The molecule has 4 aromatic rings. The van der Waals surface area contributed by atoms with Crippen LogP contribution in [0.5, 0.6) is 5.88 Å². The van der Waals surface area contributed by atoms with Gasteiger partial charge in [-0.1, -0.05) is 73.5 Å². The number of thiophene rings is 1. The molecular weight excluding hydrogens is 743 g/mol. The van der Waals surface area contributed by atoms with Crippen molar-refractivity contribution in [1.82, 2.24) is 25.5 Å². The van der Waals surface area contributed by atoms with Gasteiger partial charge in [0.2, 0.25) is 17.7 Å². The van der Waals surface area contributed by atoms with Crippen LogP contribution in [-0.2, 0) is 30.3 Å². The summed E-state index contributed by atoms with van der Waals surface area (Å²) in [5.74, 6) is -1.30. The molecule has 1 saturated heterocycles. The molecule has 3 amide bonds. The first-order valence-electron chi connectivity index (χ1n) is 20.3. The predicted molar refractivity (Wildman–Crippen MR) is 215 cm³/mol. The summed E-state index contributed by atoms with van der Waals surface area (Å²) in [5.41, 5.74) is 1.73. The summed E-state index contributed by atoms with van der Waals surface area (Å²) in [5, 5.41) is 7.90. The van der Waals surface area contributed by atoms with Crippen LogP contribution < -0.4 is 15.4 Å². The van der Waals surface area contributed by atoms with Crippen LogP contribution in [0.15, 0.2) is 84.3 Å². The summed E-state index contributed by atoms with van der Waals surface area (Å²) in [6.45, 7) is 0.230. The molecule has 0 bridgehead atoms. The molecule has 2 aromatic heterocycles. The van der Waals surface area contributed by atoms with E-state index < -0.39 is 47.6 Å². The van der Waals surface area contributed by atoms with E-state index in [0.717, 1.165) is 55.4 Å². The van der Waals surface area contributed by atoms with E-state index >= 15 is 0 Å². The van der Waals surface area contributed by atoms with Crippen molar-refractivity contribution < 1.29 is 33.4 Å². The second-order valence-corrected chi connectivity index (χ2v) is 16.5. The molecule has 3 fully saturated rings. The third-order valence-electron chi connectivity index (χ3n) is 11.5. The highest BCUT2D eigenvalue weighted by atomic mass is 32.1. The van der Waals surface area contributed by atoms with Crippen LogP contribution in [0.1, 0.15) is 76.2 Å². The van der Waals surface area contributed by atoms with E-state index in [-0.39, 0.29) is 31.6 Å². The molecule has 2 aliphatic carbocycles. The van der Waals surface area contributed by atoms with Crippen LogP contribution in [0.4, 0.5) is 4.79 Å². The number of nitrogens with zero attached hydrogens (tertiary/aromatic N) is 3. The minimum Gasteiger partial charge on any atom is -0.471 e. The Labute approximate surface area is 336 Å². The molecule has 298 valence electrons. The standard InChI is InChI=1S/C44H49N5O7S/c50-39-36-26-32(55-40-38(37-22-13-25-57-37)45-33-19-11-12-20-34(33)46-40)28-49(36)41(51)35(47-43(53)56-31-17-9-10-18-31)21-8-3-1-2-7-16-30-27-44(30,48-39)42(52)54-24-23-29-14-5-4-6-15-29/h4-7,11-16,19-20,22,25,30-32,35-36H,1-3,8-10,17-18,21,23-24,26-28H2,(H,47,53)(H,48,50)/b16-7-/t30?,32-,35+,36+,44-/m1/s1. The van der Waals surface area contributed by atoms with Gasteiger partial charge in [-0.15, -0.1) is 11.3 Å². The molecule has 5 atom stereocenters. The second-order valence-electron chi connectivity index (χ2n) is 15.5. The van der Waals surface area contributed by atoms with Crippen molar-refractivity contribution in [2.75, 3.05) is 13.2 Å². The lowest BCUT2D eigenvalue weighted by Gasteiger charge is -2.29. The van der Waals surface area contributed by atoms with Gasteiger partial charge in [0.05, 0.1) is 29.1 Å². The Morgan fingerprint density at radius 3 is 2.46 bits per heavy atom. The van der Waals surface area contributed by atoms with Gasteiger partial charge in [-0.3, -0.25) is 9.59 Å². The van der Waals surface area contributed by atoms with Crippen molar-refractivity contribution in [1.29, 1.82) is 0 Å². The molecule has 13 heteroatoms. The number of carbonyl (C=O) groups excluding carboxylic acids is 4. The van der Waals surface area contributed by atoms with Gasteiger partial charge in [-0.2, -0.15) is 0 Å². The number of rotatable bonds is 9. The summed E-state index contributed by atoms with van der Waals surface area (Å²) >= 11 is 1.51. The Hall–Kier alpha value is -5.30. The topological polar surface area (TPSA) is 149 Å². The van der Waals surface area contributed by atoms with Crippen LogP contribution in [0.3, 0.4) is 0 Å². The fourth-order valence-electron chi connectivity index (χ4n) is 8.30. The Kier molecular flexibility index (Phi) is 11.8. The van der Waals surface area contributed by atoms with Gasteiger partial charge in [0.25, 0.3) is 0 Å². The molecule has 2 saturated carbocycles. The minimum absolute atomic E-state index is 0.0585. The lowest BCUT2D eigenvalue weighted by Crippen LogP contribution is -2.56. The molecule has 4 heterocycles. The van der Waals surface area contributed by atoms with E-state index in [0.29, 0.717) is 48.3 Å². The largest absolute Gasteiger partial charge is 0.471 e. The lowest BCUT2D eigenvalue weighted by molar-refractivity contribution is -0.150. The number of para-hydroxylation sites is 2. The number of nitrogens with one attached hydrogen (secondary N) is 2. The van der Waals surface area contributed by atoms with Crippen LogP contribution in [0.2, 0.25) is 0 Å². The molecule has 8 rings (SSSR count). The Morgan fingerprint density at radius 2 is 1.67 bits per heavy atom. The fraction of sp³-hybridized carbons (Fsp3) is 0.455. The van der Waals surface area contributed by atoms with Crippen molar-refractivity contribution >= 4 is 46.2 Å². The zero-order chi connectivity index (χ0) is 39.2. The molecule has 2 N–H and O–H groups in total. The number of esters is 1. The molecule has 1 unspecified atom stereocenters. The van der Waals surface area contributed by atoms with Crippen LogP contribution in [0, 0.1) is 5.92 Å². The first-order chi connectivity index (χ1) is 27.9. The number of hydrogen-bond acceptors (Lipinski definition) is 10. The number of benzene rings is 2. The van der Waals surface area contributed by atoms with Gasteiger partial charge in [-0.05, 0) is 80.5 Å².